The maximum atomic E-state index is 12.3. The van der Waals surface area contributed by atoms with Crippen molar-refractivity contribution in [2.24, 2.45) is 0 Å². The van der Waals surface area contributed by atoms with Crippen LogP contribution in [-0.4, -0.2) is 34.7 Å². The van der Waals surface area contributed by atoms with E-state index in [4.69, 9.17) is 4.74 Å². The molecule has 1 heterocycles. The summed E-state index contributed by atoms with van der Waals surface area (Å²) in [5.74, 6) is -0.188. The van der Waals surface area contributed by atoms with Crippen molar-refractivity contribution < 1.29 is 9.53 Å². The lowest BCUT2D eigenvalue weighted by atomic mass is 10.2. The number of rotatable bonds is 7. The summed E-state index contributed by atoms with van der Waals surface area (Å²) in [6.45, 7) is 6.74. The summed E-state index contributed by atoms with van der Waals surface area (Å²) in [5.41, 5.74) is 1.54. The topological polar surface area (TPSA) is 73.2 Å². The van der Waals surface area contributed by atoms with Crippen LogP contribution in [0.2, 0.25) is 0 Å². The smallest absolute Gasteiger partial charge is 0.272 e. The molecule has 2 rings (SSSR count). The number of aromatic nitrogens is 2. The summed E-state index contributed by atoms with van der Waals surface area (Å²) >= 11 is 0. The van der Waals surface area contributed by atoms with Crippen LogP contribution in [0.4, 0.5) is 0 Å². The molecule has 0 atom stereocenters. The van der Waals surface area contributed by atoms with Gasteiger partial charge < -0.3 is 10.1 Å². The Morgan fingerprint density at radius 3 is 2.83 bits per heavy atom. The van der Waals surface area contributed by atoms with Gasteiger partial charge in [-0.25, -0.2) is 4.98 Å². The summed E-state index contributed by atoms with van der Waals surface area (Å²) in [6.07, 6.45) is 0.935. The number of hydrogen-bond acceptors (Lipinski definition) is 4. The largest absolute Gasteiger partial charge is 0.379 e. The minimum atomic E-state index is -0.234. The van der Waals surface area contributed by atoms with Crippen LogP contribution in [0.1, 0.15) is 26.0 Å². The Labute approximate surface area is 135 Å². The number of hydrogen-bond donors (Lipinski definition) is 1. The molecular weight excluding hydrogens is 294 g/mol. The van der Waals surface area contributed by atoms with Crippen molar-refractivity contribution in [3.63, 3.8) is 0 Å². The molecule has 0 saturated carbocycles. The summed E-state index contributed by atoms with van der Waals surface area (Å²) in [7, 11) is 0. The van der Waals surface area contributed by atoms with Gasteiger partial charge in [-0.2, -0.15) is 0 Å². The Morgan fingerprint density at radius 1 is 1.35 bits per heavy atom. The zero-order valence-electron chi connectivity index (χ0n) is 13.8. The van der Waals surface area contributed by atoms with Gasteiger partial charge in [0, 0.05) is 13.2 Å². The lowest BCUT2D eigenvalue weighted by Gasteiger charge is -2.12. The van der Waals surface area contributed by atoms with Crippen molar-refractivity contribution >= 4 is 16.9 Å². The van der Waals surface area contributed by atoms with Crippen molar-refractivity contribution in [1.82, 2.24) is 14.9 Å². The van der Waals surface area contributed by atoms with Gasteiger partial charge in [0.2, 0.25) is 5.91 Å². The van der Waals surface area contributed by atoms with E-state index in [1.165, 1.54) is 4.57 Å². The fraction of sp³-hybridized carbons (Fsp3) is 0.471. The van der Waals surface area contributed by atoms with Crippen LogP contribution in [0.15, 0.2) is 29.1 Å². The second kappa shape index (κ2) is 7.87. The first-order valence-corrected chi connectivity index (χ1v) is 7.83. The average molecular weight is 317 g/mol. The highest BCUT2D eigenvalue weighted by Gasteiger charge is 2.11. The second-order valence-corrected chi connectivity index (χ2v) is 5.70. The molecule has 1 N–H and O–H groups in total. The van der Waals surface area contributed by atoms with E-state index in [0.717, 1.165) is 6.42 Å². The van der Waals surface area contributed by atoms with E-state index in [1.807, 2.05) is 32.0 Å². The van der Waals surface area contributed by atoms with Gasteiger partial charge in [0.15, 0.2) is 0 Å². The molecule has 1 amide bonds. The number of aryl methyl sites for hydroxylation is 1. The Balaban J connectivity index is 2.02. The fourth-order valence-corrected chi connectivity index (χ4v) is 2.30. The van der Waals surface area contributed by atoms with Gasteiger partial charge in [0.05, 0.1) is 17.1 Å². The molecule has 0 fully saturated rings. The molecule has 2 aromatic rings. The number of amides is 1. The molecule has 0 aliphatic rings. The number of benzene rings is 1. The number of para-hydroxylation sites is 2. The van der Waals surface area contributed by atoms with E-state index in [-0.39, 0.29) is 24.1 Å². The molecule has 0 radical (unpaired) electrons. The summed E-state index contributed by atoms with van der Waals surface area (Å²) in [5, 5.41) is 2.82. The highest BCUT2D eigenvalue weighted by atomic mass is 16.5. The molecule has 0 aliphatic carbocycles. The van der Waals surface area contributed by atoms with Gasteiger partial charge in [0.1, 0.15) is 12.2 Å². The Morgan fingerprint density at radius 2 is 2.09 bits per heavy atom. The number of nitrogens with zero attached hydrogens (tertiary/aromatic N) is 2. The fourth-order valence-electron chi connectivity index (χ4n) is 2.30. The zero-order chi connectivity index (χ0) is 16.8. The van der Waals surface area contributed by atoms with E-state index in [0.29, 0.717) is 29.9 Å². The van der Waals surface area contributed by atoms with Gasteiger partial charge >= 0.3 is 0 Å². The second-order valence-electron chi connectivity index (χ2n) is 5.70. The molecule has 23 heavy (non-hydrogen) atoms. The van der Waals surface area contributed by atoms with E-state index in [1.54, 1.807) is 13.0 Å². The molecule has 0 bridgehead atoms. The van der Waals surface area contributed by atoms with Gasteiger partial charge in [-0.15, -0.1) is 0 Å². The standard InChI is InChI=1S/C17H23N3O3/c1-12(2)23-10-6-9-18-16(21)11-20-15-8-5-4-7-14(15)19-13(3)17(20)22/h4-5,7-8,12H,6,9-11H2,1-3H3,(H,18,21). The maximum absolute atomic E-state index is 12.3. The van der Waals surface area contributed by atoms with Crippen LogP contribution in [-0.2, 0) is 16.1 Å². The van der Waals surface area contributed by atoms with Crippen LogP contribution in [0.25, 0.3) is 11.0 Å². The summed E-state index contributed by atoms with van der Waals surface area (Å²) < 4.78 is 6.89. The molecule has 0 aliphatic heterocycles. The number of nitrogens with one attached hydrogen (secondary N) is 1. The molecule has 0 unspecified atom stereocenters. The number of carbonyl (C=O) groups is 1. The van der Waals surface area contributed by atoms with E-state index < -0.39 is 0 Å². The first-order chi connectivity index (χ1) is 11.0. The third-order valence-electron chi connectivity index (χ3n) is 3.41. The quantitative estimate of drug-likeness (QED) is 0.788. The van der Waals surface area contributed by atoms with Crippen molar-refractivity contribution in [3.8, 4) is 0 Å². The van der Waals surface area contributed by atoms with Crippen LogP contribution in [0.5, 0.6) is 0 Å². The van der Waals surface area contributed by atoms with Gasteiger partial charge in [-0.3, -0.25) is 14.2 Å². The van der Waals surface area contributed by atoms with E-state index in [2.05, 4.69) is 10.3 Å². The van der Waals surface area contributed by atoms with Crippen LogP contribution >= 0.6 is 0 Å². The Bertz CT molecular complexity index is 737. The van der Waals surface area contributed by atoms with E-state index >= 15 is 0 Å². The number of carbonyl (C=O) groups excluding carboxylic acids is 1. The SMILES string of the molecule is Cc1nc2ccccc2n(CC(=O)NCCCOC(C)C)c1=O. The van der Waals surface area contributed by atoms with Gasteiger partial charge in [-0.05, 0) is 39.3 Å². The maximum Gasteiger partial charge on any atom is 0.272 e. The molecule has 1 aromatic carbocycles. The zero-order valence-corrected chi connectivity index (χ0v) is 13.8. The lowest BCUT2D eigenvalue weighted by Crippen LogP contribution is -2.34. The highest BCUT2D eigenvalue weighted by Crippen LogP contribution is 2.09. The molecule has 0 saturated heterocycles. The average Bonchev–Trinajstić information content (AvgIpc) is 2.51. The predicted octanol–water partition coefficient (Wildman–Crippen LogP) is 1.64. The lowest BCUT2D eigenvalue weighted by molar-refractivity contribution is -0.121. The molecule has 6 nitrogen and oxygen atoms in total. The third kappa shape index (κ3) is 4.63. The first kappa shape index (κ1) is 17.1. The van der Waals surface area contributed by atoms with Crippen molar-refractivity contribution in [3.05, 3.63) is 40.3 Å². The van der Waals surface area contributed by atoms with Crippen LogP contribution in [0.3, 0.4) is 0 Å². The minimum absolute atomic E-state index is 0.00621. The normalized spacial score (nSPS) is 11.1. The van der Waals surface area contributed by atoms with Crippen LogP contribution < -0.4 is 10.9 Å². The summed E-state index contributed by atoms with van der Waals surface area (Å²) in [4.78, 5) is 28.6. The molecule has 0 spiro atoms. The molecular formula is C17H23N3O3. The van der Waals surface area contributed by atoms with Crippen LogP contribution in [0, 0.1) is 6.92 Å². The number of ether oxygens (including phenoxy) is 1. The van der Waals surface area contributed by atoms with Crippen molar-refractivity contribution in [2.45, 2.75) is 39.8 Å². The van der Waals surface area contributed by atoms with E-state index in [9.17, 15) is 9.59 Å². The van der Waals surface area contributed by atoms with Gasteiger partial charge in [0.25, 0.3) is 5.56 Å². The molecule has 124 valence electrons. The Hall–Kier alpha value is -2.21. The Kier molecular flexibility index (Phi) is 5.87. The van der Waals surface area contributed by atoms with Crippen molar-refractivity contribution in [1.29, 1.82) is 0 Å². The van der Waals surface area contributed by atoms with Crippen molar-refractivity contribution in [2.75, 3.05) is 13.2 Å². The number of fused-ring (bicyclic) bond motifs is 1. The third-order valence-corrected chi connectivity index (χ3v) is 3.41. The minimum Gasteiger partial charge on any atom is -0.379 e. The highest BCUT2D eigenvalue weighted by molar-refractivity contribution is 5.80. The molecule has 1 aromatic heterocycles. The monoisotopic (exact) mass is 317 g/mol. The predicted molar refractivity (Wildman–Crippen MR) is 89.5 cm³/mol. The summed E-state index contributed by atoms with van der Waals surface area (Å²) in [6, 6.07) is 7.32. The van der Waals surface area contributed by atoms with Gasteiger partial charge in [-0.1, -0.05) is 12.1 Å². The molecule has 6 heteroatoms. The first-order valence-electron chi connectivity index (χ1n) is 7.83.